The molecule has 138 valence electrons. The van der Waals surface area contributed by atoms with Gasteiger partial charge in [0, 0.05) is 19.9 Å². The molecule has 0 saturated carbocycles. The van der Waals surface area contributed by atoms with Gasteiger partial charge in [0.05, 0.1) is 17.1 Å². The molecule has 1 aromatic rings. The first-order valence-corrected chi connectivity index (χ1v) is 9.33. The molecule has 0 atom stereocenters. The van der Waals surface area contributed by atoms with Crippen LogP contribution in [0, 0.1) is 0 Å². The molecule has 1 heterocycles. The van der Waals surface area contributed by atoms with Crippen molar-refractivity contribution >= 4 is 27.6 Å². The number of aliphatic carboxylic acids is 1. The van der Waals surface area contributed by atoms with Gasteiger partial charge in [0.15, 0.2) is 0 Å². The van der Waals surface area contributed by atoms with Gasteiger partial charge < -0.3 is 14.7 Å². The molecular weight excluding hydrogens is 348 g/mol. The van der Waals surface area contributed by atoms with Crippen molar-refractivity contribution in [2.45, 2.75) is 44.1 Å². The Hall–Kier alpha value is -2.13. The number of hydrogen-bond acceptors (Lipinski definition) is 5. The average Bonchev–Trinajstić information content (AvgIpc) is 2.49. The number of benzene rings is 1. The van der Waals surface area contributed by atoms with Gasteiger partial charge >= 0.3 is 5.97 Å². The van der Waals surface area contributed by atoms with Gasteiger partial charge in [-0.15, -0.1) is 0 Å². The fourth-order valence-corrected chi connectivity index (χ4v) is 3.66. The summed E-state index contributed by atoms with van der Waals surface area (Å²) in [5.41, 5.74) is -0.172. The molecule has 0 radical (unpaired) electrons. The highest BCUT2D eigenvalue weighted by Crippen LogP contribution is 2.38. The number of nitrogens with one attached hydrogen (secondary N) is 1. The minimum atomic E-state index is -3.81. The third-order valence-electron chi connectivity index (χ3n) is 3.70. The van der Waals surface area contributed by atoms with E-state index >= 15 is 0 Å². The quantitative estimate of drug-likeness (QED) is 0.731. The zero-order chi connectivity index (χ0) is 18.8. The Kier molecular flexibility index (Phi) is 5.38. The lowest BCUT2D eigenvalue weighted by molar-refractivity contribution is -0.137. The first-order chi connectivity index (χ1) is 11.5. The van der Waals surface area contributed by atoms with E-state index in [-0.39, 0.29) is 30.2 Å². The minimum absolute atomic E-state index is 0.00358. The lowest BCUT2D eigenvalue weighted by Crippen LogP contribution is -2.48. The number of carboxylic acids is 1. The number of nitrogens with zero attached hydrogens (tertiary/aromatic N) is 1. The van der Waals surface area contributed by atoms with Gasteiger partial charge in [-0.2, -0.15) is 0 Å². The third kappa shape index (κ3) is 4.70. The van der Waals surface area contributed by atoms with Crippen LogP contribution in [0.1, 0.15) is 33.6 Å². The lowest BCUT2D eigenvalue weighted by atomic mass is 10.1. The van der Waals surface area contributed by atoms with Gasteiger partial charge in [0.25, 0.3) is 0 Å². The molecular formula is C16H22N2O6S. The van der Waals surface area contributed by atoms with Gasteiger partial charge in [0.2, 0.25) is 15.9 Å². The van der Waals surface area contributed by atoms with E-state index in [9.17, 15) is 18.0 Å². The second-order valence-electron chi connectivity index (χ2n) is 6.49. The standard InChI is InChI=1S/C16H22N2O6S/c1-11(19)18-10-16(2,3)24-14-7-6-12(9-13(14)18)25(22,23)17-8-4-5-15(20)21/h6-7,9,17H,4-5,8,10H2,1-3H3,(H,20,21). The third-order valence-corrected chi connectivity index (χ3v) is 5.15. The van der Waals surface area contributed by atoms with Crippen molar-refractivity contribution in [3.63, 3.8) is 0 Å². The fourth-order valence-electron chi connectivity index (χ4n) is 2.57. The van der Waals surface area contributed by atoms with Crippen molar-refractivity contribution in [2.24, 2.45) is 0 Å². The van der Waals surface area contributed by atoms with Gasteiger partial charge in [-0.05, 0) is 38.5 Å². The van der Waals surface area contributed by atoms with Crippen molar-refractivity contribution in [3.8, 4) is 5.75 Å². The molecule has 1 aliphatic heterocycles. The van der Waals surface area contributed by atoms with Crippen molar-refractivity contribution < 1.29 is 27.9 Å². The summed E-state index contributed by atoms with van der Waals surface area (Å²) in [4.78, 5) is 23.9. The molecule has 2 rings (SSSR count). The Morgan fingerprint density at radius 2 is 2.04 bits per heavy atom. The Balaban J connectivity index is 2.26. The van der Waals surface area contributed by atoms with Gasteiger partial charge in [0.1, 0.15) is 11.4 Å². The minimum Gasteiger partial charge on any atom is -0.484 e. The Bertz CT molecular complexity index is 788. The van der Waals surface area contributed by atoms with E-state index in [1.165, 1.54) is 30.0 Å². The molecule has 0 saturated heterocycles. The van der Waals surface area contributed by atoms with Crippen molar-refractivity contribution in [1.82, 2.24) is 4.72 Å². The highest BCUT2D eigenvalue weighted by molar-refractivity contribution is 7.89. The van der Waals surface area contributed by atoms with E-state index < -0.39 is 21.6 Å². The molecule has 1 amide bonds. The first-order valence-electron chi connectivity index (χ1n) is 7.84. The van der Waals surface area contributed by atoms with E-state index in [1.807, 2.05) is 13.8 Å². The monoisotopic (exact) mass is 370 g/mol. The van der Waals surface area contributed by atoms with Crippen LogP contribution in [-0.2, 0) is 19.6 Å². The number of sulfonamides is 1. The predicted octanol–water partition coefficient (Wildman–Crippen LogP) is 1.35. The van der Waals surface area contributed by atoms with Crippen LogP contribution in [0.5, 0.6) is 5.75 Å². The summed E-state index contributed by atoms with van der Waals surface area (Å²) in [6, 6.07) is 4.32. The molecule has 1 aliphatic rings. The van der Waals surface area contributed by atoms with E-state index in [4.69, 9.17) is 9.84 Å². The van der Waals surface area contributed by atoms with E-state index in [1.54, 1.807) is 0 Å². The smallest absolute Gasteiger partial charge is 0.303 e. The fraction of sp³-hybridized carbons (Fsp3) is 0.500. The maximum atomic E-state index is 12.4. The normalized spacial score (nSPS) is 16.0. The number of ether oxygens (including phenoxy) is 1. The van der Waals surface area contributed by atoms with Crippen molar-refractivity contribution in [2.75, 3.05) is 18.0 Å². The number of carbonyl (C=O) groups is 2. The molecule has 0 aromatic heterocycles. The summed E-state index contributed by atoms with van der Waals surface area (Å²) in [6.07, 6.45) is 0.0735. The summed E-state index contributed by atoms with van der Waals surface area (Å²) >= 11 is 0. The zero-order valence-electron chi connectivity index (χ0n) is 14.4. The Morgan fingerprint density at radius 1 is 1.36 bits per heavy atom. The zero-order valence-corrected chi connectivity index (χ0v) is 15.2. The highest BCUT2D eigenvalue weighted by atomic mass is 32.2. The molecule has 0 unspecified atom stereocenters. The summed E-state index contributed by atoms with van der Waals surface area (Å²) in [5.74, 6) is -0.747. The molecule has 9 heteroatoms. The molecule has 0 fully saturated rings. The van der Waals surface area contributed by atoms with E-state index in [2.05, 4.69) is 4.72 Å². The summed E-state index contributed by atoms with van der Waals surface area (Å²) in [5, 5.41) is 8.59. The SMILES string of the molecule is CC(=O)N1CC(C)(C)Oc2ccc(S(=O)(=O)NCCCC(=O)O)cc21. The van der Waals surface area contributed by atoms with Crippen LogP contribution < -0.4 is 14.4 Å². The maximum absolute atomic E-state index is 12.4. The molecule has 1 aromatic carbocycles. The van der Waals surface area contributed by atoms with E-state index in [0.717, 1.165) is 0 Å². The number of rotatable bonds is 6. The summed E-state index contributed by atoms with van der Waals surface area (Å²) in [7, 11) is -3.81. The number of hydrogen-bond donors (Lipinski definition) is 2. The van der Waals surface area contributed by atoms with Crippen molar-refractivity contribution in [3.05, 3.63) is 18.2 Å². The largest absolute Gasteiger partial charge is 0.484 e. The Labute approximate surface area is 146 Å². The van der Waals surface area contributed by atoms with Crippen LogP contribution in [-0.4, -0.2) is 44.1 Å². The highest BCUT2D eigenvalue weighted by Gasteiger charge is 2.34. The van der Waals surface area contributed by atoms with Crippen LogP contribution in [0.4, 0.5) is 5.69 Å². The van der Waals surface area contributed by atoms with Gasteiger partial charge in [-0.25, -0.2) is 13.1 Å². The molecule has 0 spiro atoms. The van der Waals surface area contributed by atoms with Gasteiger partial charge in [-0.3, -0.25) is 9.59 Å². The number of amides is 1. The Morgan fingerprint density at radius 3 is 2.64 bits per heavy atom. The van der Waals surface area contributed by atoms with Crippen LogP contribution >= 0.6 is 0 Å². The second-order valence-corrected chi connectivity index (χ2v) is 8.26. The lowest BCUT2D eigenvalue weighted by Gasteiger charge is -2.39. The summed E-state index contributed by atoms with van der Waals surface area (Å²) in [6.45, 7) is 5.44. The number of anilines is 1. The predicted molar refractivity (Wildman–Crippen MR) is 91.2 cm³/mol. The first kappa shape index (κ1) is 19.2. The second kappa shape index (κ2) is 7.01. The van der Waals surface area contributed by atoms with Crippen LogP contribution in [0.25, 0.3) is 0 Å². The summed E-state index contributed by atoms with van der Waals surface area (Å²) < 4.78 is 32.9. The van der Waals surface area contributed by atoms with Crippen molar-refractivity contribution in [1.29, 1.82) is 0 Å². The number of carboxylic acid groups (broad SMARTS) is 1. The van der Waals surface area contributed by atoms with Crippen LogP contribution in [0.3, 0.4) is 0 Å². The maximum Gasteiger partial charge on any atom is 0.303 e. The number of fused-ring (bicyclic) bond motifs is 1. The molecule has 2 N–H and O–H groups in total. The van der Waals surface area contributed by atoms with Crippen LogP contribution in [0.15, 0.2) is 23.1 Å². The molecule has 0 bridgehead atoms. The van der Waals surface area contributed by atoms with E-state index in [0.29, 0.717) is 18.0 Å². The van der Waals surface area contributed by atoms with Crippen LogP contribution in [0.2, 0.25) is 0 Å². The number of carbonyl (C=O) groups excluding carboxylic acids is 1. The molecule has 0 aliphatic carbocycles. The topological polar surface area (TPSA) is 113 Å². The average molecular weight is 370 g/mol. The van der Waals surface area contributed by atoms with Gasteiger partial charge in [-0.1, -0.05) is 0 Å². The molecule has 8 nitrogen and oxygen atoms in total. The molecule has 25 heavy (non-hydrogen) atoms.